The smallest absolute Gasteiger partial charge is 0.0159 e. The van der Waals surface area contributed by atoms with Crippen LogP contribution < -0.4 is 0 Å². The first kappa shape index (κ1) is 33.4. The zero-order valence-electron chi connectivity index (χ0n) is 33.3. The predicted octanol–water partition coefficient (Wildman–Crippen LogP) is 15.9. The molecule has 0 saturated heterocycles. The van der Waals surface area contributed by atoms with E-state index in [1.165, 1.54) is 121 Å². The van der Waals surface area contributed by atoms with Gasteiger partial charge in [0.2, 0.25) is 0 Å². The molecule has 2 aliphatic carbocycles. The molecule has 0 atom stereocenters. The van der Waals surface area contributed by atoms with Gasteiger partial charge in [0.25, 0.3) is 0 Å². The van der Waals surface area contributed by atoms with Gasteiger partial charge in [-0.15, -0.1) is 0 Å². The van der Waals surface area contributed by atoms with Crippen molar-refractivity contribution >= 4 is 43.1 Å². The van der Waals surface area contributed by atoms with Crippen LogP contribution in [0, 0.1) is 0 Å². The molecule has 274 valence electrons. The minimum Gasteiger partial charge on any atom is -0.0619 e. The molecule has 0 radical (unpaired) electrons. The molecule has 0 bridgehead atoms. The van der Waals surface area contributed by atoms with Gasteiger partial charge in [-0.3, -0.25) is 0 Å². The fraction of sp³-hybridized carbons (Fsp3) is 0.103. The minimum absolute atomic E-state index is 0.0535. The molecule has 12 rings (SSSR count). The second-order valence-corrected chi connectivity index (χ2v) is 17.6. The third-order valence-corrected chi connectivity index (χ3v) is 13.8. The SMILES string of the molecule is CC1(C)c2ccccc2-c2cc(-c3c4ccccc4c(-c4c5ccccc5cc5ccccc45)c4ccc(-c5ccc6c(c5)C(C)(C)c5ccccc5-6)cc34)ccc21. The van der Waals surface area contributed by atoms with E-state index in [4.69, 9.17) is 0 Å². The van der Waals surface area contributed by atoms with Crippen molar-refractivity contribution in [3.63, 3.8) is 0 Å². The van der Waals surface area contributed by atoms with Crippen LogP contribution in [0.3, 0.4) is 0 Å². The van der Waals surface area contributed by atoms with Crippen LogP contribution in [0.5, 0.6) is 0 Å². The molecule has 0 N–H and O–H groups in total. The molecular weight excluding hydrogens is 697 g/mol. The second kappa shape index (κ2) is 11.9. The van der Waals surface area contributed by atoms with E-state index in [0.717, 1.165) is 0 Å². The normalized spacial score (nSPS) is 14.5. The Morgan fingerprint density at radius 2 is 0.707 bits per heavy atom. The highest BCUT2D eigenvalue weighted by molar-refractivity contribution is 6.27. The minimum atomic E-state index is -0.0722. The molecule has 0 unspecified atom stereocenters. The summed E-state index contributed by atoms with van der Waals surface area (Å²) in [6.07, 6.45) is 0. The summed E-state index contributed by atoms with van der Waals surface area (Å²) in [4.78, 5) is 0. The van der Waals surface area contributed by atoms with Crippen molar-refractivity contribution in [2.45, 2.75) is 38.5 Å². The third-order valence-electron chi connectivity index (χ3n) is 13.8. The molecule has 2 aliphatic rings. The lowest BCUT2D eigenvalue weighted by molar-refractivity contribution is 0.660. The molecule has 0 fully saturated rings. The van der Waals surface area contributed by atoms with E-state index < -0.39 is 0 Å². The monoisotopic (exact) mass is 738 g/mol. The fourth-order valence-corrected chi connectivity index (χ4v) is 11.0. The summed E-state index contributed by atoms with van der Waals surface area (Å²) in [5.74, 6) is 0. The molecular formula is C58H42. The molecule has 0 heterocycles. The maximum Gasteiger partial charge on any atom is 0.0159 e. The average molecular weight is 739 g/mol. The quantitative estimate of drug-likeness (QED) is 0.158. The molecule has 0 nitrogen and oxygen atoms in total. The number of hydrogen-bond acceptors (Lipinski definition) is 0. The largest absolute Gasteiger partial charge is 0.0619 e. The summed E-state index contributed by atoms with van der Waals surface area (Å²) in [6.45, 7) is 9.49. The van der Waals surface area contributed by atoms with Gasteiger partial charge in [0, 0.05) is 10.8 Å². The van der Waals surface area contributed by atoms with Crippen LogP contribution in [0.1, 0.15) is 49.9 Å². The molecule has 0 amide bonds. The Hall–Kier alpha value is -6.76. The summed E-state index contributed by atoms with van der Waals surface area (Å²) in [6, 6.07) is 69.0. The summed E-state index contributed by atoms with van der Waals surface area (Å²) in [7, 11) is 0. The Morgan fingerprint density at radius 3 is 1.40 bits per heavy atom. The van der Waals surface area contributed by atoms with E-state index in [0.29, 0.717) is 0 Å². The molecule has 10 aromatic rings. The third kappa shape index (κ3) is 4.52. The number of rotatable bonds is 3. The standard InChI is InChI=1S/C58H42/c1-57(2)51-24-14-12-20-43(51)48-33-39(27-30-52(48)57)54-45-21-9-10-22-46(45)56(55-40-17-7-5-15-37(40)31-38-16-6-8-18-41(38)55)47-29-26-35(32-49(47)54)36-25-28-44-42-19-11-13-23-50(42)58(3,4)53(44)34-36/h5-34H,1-4H3. The topological polar surface area (TPSA) is 0 Å². The van der Waals surface area contributed by atoms with Crippen molar-refractivity contribution in [2.24, 2.45) is 0 Å². The molecule has 0 heteroatoms. The van der Waals surface area contributed by atoms with Gasteiger partial charge in [0.1, 0.15) is 0 Å². The van der Waals surface area contributed by atoms with Crippen LogP contribution >= 0.6 is 0 Å². The van der Waals surface area contributed by atoms with Crippen LogP contribution in [0.4, 0.5) is 0 Å². The van der Waals surface area contributed by atoms with Gasteiger partial charge < -0.3 is 0 Å². The van der Waals surface area contributed by atoms with E-state index in [-0.39, 0.29) is 10.8 Å². The Kier molecular flexibility index (Phi) is 6.84. The van der Waals surface area contributed by atoms with Gasteiger partial charge >= 0.3 is 0 Å². The molecule has 58 heavy (non-hydrogen) atoms. The van der Waals surface area contributed by atoms with Crippen LogP contribution in [0.25, 0.3) is 98.7 Å². The summed E-state index contributed by atoms with van der Waals surface area (Å²) in [5, 5.41) is 10.2. The van der Waals surface area contributed by atoms with Crippen LogP contribution in [-0.4, -0.2) is 0 Å². The Labute approximate surface area is 340 Å². The Balaban J connectivity index is 1.19. The Bertz CT molecular complexity index is 3340. The maximum atomic E-state index is 2.50. The summed E-state index contributed by atoms with van der Waals surface area (Å²) >= 11 is 0. The van der Waals surface area contributed by atoms with Gasteiger partial charge in [-0.05, 0) is 145 Å². The first-order valence-corrected chi connectivity index (χ1v) is 20.7. The molecule has 0 saturated carbocycles. The maximum absolute atomic E-state index is 2.50. The van der Waals surface area contributed by atoms with Crippen LogP contribution in [0.2, 0.25) is 0 Å². The van der Waals surface area contributed by atoms with E-state index >= 15 is 0 Å². The van der Waals surface area contributed by atoms with E-state index in [2.05, 4.69) is 210 Å². The molecule has 0 aromatic heterocycles. The van der Waals surface area contributed by atoms with Crippen LogP contribution in [0.15, 0.2) is 182 Å². The lowest BCUT2D eigenvalue weighted by atomic mass is 9.80. The van der Waals surface area contributed by atoms with Crippen molar-refractivity contribution in [3.8, 4) is 55.6 Å². The Morgan fingerprint density at radius 1 is 0.259 bits per heavy atom. The number of fused-ring (bicyclic) bond motifs is 10. The summed E-state index contributed by atoms with van der Waals surface area (Å²) in [5.41, 5.74) is 18.5. The van der Waals surface area contributed by atoms with E-state index in [1.807, 2.05) is 0 Å². The molecule has 0 spiro atoms. The zero-order chi connectivity index (χ0) is 38.9. The van der Waals surface area contributed by atoms with Crippen LogP contribution in [-0.2, 0) is 10.8 Å². The fourth-order valence-electron chi connectivity index (χ4n) is 11.0. The van der Waals surface area contributed by atoms with Crippen molar-refractivity contribution < 1.29 is 0 Å². The average Bonchev–Trinajstić information content (AvgIpc) is 3.63. The predicted molar refractivity (Wildman–Crippen MR) is 248 cm³/mol. The summed E-state index contributed by atoms with van der Waals surface area (Å²) < 4.78 is 0. The highest BCUT2D eigenvalue weighted by Gasteiger charge is 2.37. The van der Waals surface area contributed by atoms with Crippen molar-refractivity contribution in [1.82, 2.24) is 0 Å². The molecule has 0 aliphatic heterocycles. The molecule has 10 aromatic carbocycles. The van der Waals surface area contributed by atoms with E-state index in [9.17, 15) is 0 Å². The van der Waals surface area contributed by atoms with Crippen molar-refractivity contribution in [3.05, 3.63) is 204 Å². The number of hydrogen-bond donors (Lipinski definition) is 0. The highest BCUT2D eigenvalue weighted by atomic mass is 14.4. The van der Waals surface area contributed by atoms with Gasteiger partial charge in [0.15, 0.2) is 0 Å². The van der Waals surface area contributed by atoms with Crippen molar-refractivity contribution in [1.29, 1.82) is 0 Å². The lowest BCUT2D eigenvalue weighted by Gasteiger charge is -2.23. The van der Waals surface area contributed by atoms with Gasteiger partial charge in [0.05, 0.1) is 0 Å². The van der Waals surface area contributed by atoms with E-state index in [1.54, 1.807) is 0 Å². The van der Waals surface area contributed by atoms with Gasteiger partial charge in [-0.2, -0.15) is 0 Å². The number of benzene rings is 10. The van der Waals surface area contributed by atoms with Gasteiger partial charge in [-0.25, -0.2) is 0 Å². The first-order chi connectivity index (χ1) is 28.3. The second-order valence-electron chi connectivity index (χ2n) is 17.6. The lowest BCUT2D eigenvalue weighted by Crippen LogP contribution is -2.14. The van der Waals surface area contributed by atoms with Gasteiger partial charge in [-0.1, -0.05) is 185 Å². The highest BCUT2D eigenvalue weighted by Crippen LogP contribution is 2.54. The first-order valence-electron chi connectivity index (χ1n) is 20.7. The zero-order valence-corrected chi connectivity index (χ0v) is 33.3. The van der Waals surface area contributed by atoms with Crippen molar-refractivity contribution in [2.75, 3.05) is 0 Å².